The van der Waals surface area contributed by atoms with Gasteiger partial charge in [0.25, 0.3) is 0 Å². The Kier molecular flexibility index (Phi) is 6.16. The van der Waals surface area contributed by atoms with Crippen LogP contribution in [0.1, 0.15) is 45.2 Å². The molecule has 1 aromatic rings. The van der Waals surface area contributed by atoms with Crippen molar-refractivity contribution in [2.24, 2.45) is 5.73 Å². The second-order valence-corrected chi connectivity index (χ2v) is 4.63. The number of rotatable bonds is 7. The number of hydrogen-bond acceptors (Lipinski definition) is 3. The first-order valence-corrected chi connectivity index (χ1v) is 6.60. The molecule has 0 radical (unpaired) electrons. The summed E-state index contributed by atoms with van der Waals surface area (Å²) in [5, 5.41) is 0. The zero-order valence-electron chi connectivity index (χ0n) is 11.3. The highest BCUT2D eigenvalue weighted by Crippen LogP contribution is 2.23. The smallest absolute Gasteiger partial charge is 0.0511 e. The van der Waals surface area contributed by atoms with Crippen LogP contribution in [0, 0.1) is 0 Å². The summed E-state index contributed by atoms with van der Waals surface area (Å²) in [6.07, 6.45) is 6.06. The molecular formula is C14H25N3. The summed E-state index contributed by atoms with van der Waals surface area (Å²) in [6.45, 7) is 8.69. The SMILES string of the molecule is CCCN(CCC)C(c1cccnc1)C(C)N. The average molecular weight is 235 g/mol. The molecule has 0 fully saturated rings. The maximum absolute atomic E-state index is 6.16. The van der Waals surface area contributed by atoms with E-state index in [0.717, 1.165) is 25.9 Å². The van der Waals surface area contributed by atoms with Crippen LogP contribution in [0.4, 0.5) is 0 Å². The Morgan fingerprint density at radius 3 is 2.35 bits per heavy atom. The minimum atomic E-state index is 0.122. The molecule has 0 saturated carbocycles. The van der Waals surface area contributed by atoms with Crippen molar-refractivity contribution in [3.8, 4) is 0 Å². The molecule has 2 unspecified atom stereocenters. The summed E-state index contributed by atoms with van der Waals surface area (Å²) < 4.78 is 0. The third-order valence-corrected chi connectivity index (χ3v) is 2.94. The summed E-state index contributed by atoms with van der Waals surface area (Å²) in [5.41, 5.74) is 7.39. The molecule has 0 amide bonds. The van der Waals surface area contributed by atoms with Crippen molar-refractivity contribution in [1.82, 2.24) is 9.88 Å². The minimum absolute atomic E-state index is 0.122. The Bertz CT molecular complexity index is 292. The average Bonchev–Trinajstić information content (AvgIpc) is 2.31. The van der Waals surface area contributed by atoms with Crippen LogP contribution in [0.2, 0.25) is 0 Å². The molecule has 1 rings (SSSR count). The maximum Gasteiger partial charge on any atom is 0.0511 e. The van der Waals surface area contributed by atoms with E-state index in [-0.39, 0.29) is 12.1 Å². The van der Waals surface area contributed by atoms with E-state index in [1.165, 1.54) is 5.56 Å². The Morgan fingerprint density at radius 2 is 1.94 bits per heavy atom. The van der Waals surface area contributed by atoms with Gasteiger partial charge in [-0.15, -0.1) is 0 Å². The molecule has 0 bridgehead atoms. The van der Waals surface area contributed by atoms with Crippen LogP contribution in [0.25, 0.3) is 0 Å². The van der Waals surface area contributed by atoms with E-state index in [9.17, 15) is 0 Å². The van der Waals surface area contributed by atoms with Crippen molar-refractivity contribution in [3.63, 3.8) is 0 Å². The number of nitrogens with two attached hydrogens (primary N) is 1. The van der Waals surface area contributed by atoms with Gasteiger partial charge in [0.2, 0.25) is 0 Å². The topological polar surface area (TPSA) is 42.2 Å². The lowest BCUT2D eigenvalue weighted by molar-refractivity contribution is 0.176. The monoisotopic (exact) mass is 235 g/mol. The van der Waals surface area contributed by atoms with Gasteiger partial charge in [0.1, 0.15) is 0 Å². The molecule has 1 aromatic heterocycles. The normalized spacial score (nSPS) is 14.9. The van der Waals surface area contributed by atoms with E-state index in [1.54, 1.807) is 0 Å². The predicted octanol–water partition coefficient (Wildman–Crippen LogP) is 2.59. The molecule has 2 atom stereocenters. The molecule has 3 nitrogen and oxygen atoms in total. The third kappa shape index (κ3) is 4.10. The molecule has 0 aromatic carbocycles. The van der Waals surface area contributed by atoms with E-state index in [0.29, 0.717) is 0 Å². The van der Waals surface area contributed by atoms with E-state index in [4.69, 9.17) is 5.73 Å². The largest absolute Gasteiger partial charge is 0.326 e. The molecule has 0 aliphatic carbocycles. The van der Waals surface area contributed by atoms with Crippen LogP contribution < -0.4 is 5.73 Å². The van der Waals surface area contributed by atoms with E-state index < -0.39 is 0 Å². The van der Waals surface area contributed by atoms with Crippen LogP contribution in [0.15, 0.2) is 24.5 Å². The Hall–Kier alpha value is -0.930. The first kappa shape index (κ1) is 14.1. The Labute approximate surface area is 105 Å². The highest BCUT2D eigenvalue weighted by atomic mass is 15.2. The summed E-state index contributed by atoms with van der Waals surface area (Å²) in [6, 6.07) is 4.51. The number of hydrogen-bond donors (Lipinski definition) is 1. The standard InChI is InChI=1S/C14H25N3/c1-4-9-17(10-5-2)14(12(3)15)13-7-6-8-16-11-13/h6-8,11-12,14H,4-5,9-10,15H2,1-3H3. The first-order chi connectivity index (χ1) is 8.20. The van der Waals surface area contributed by atoms with Gasteiger partial charge in [-0.2, -0.15) is 0 Å². The molecule has 0 saturated heterocycles. The molecule has 0 spiro atoms. The van der Waals surface area contributed by atoms with Gasteiger partial charge in [-0.25, -0.2) is 0 Å². The molecule has 2 N–H and O–H groups in total. The second-order valence-electron chi connectivity index (χ2n) is 4.63. The van der Waals surface area contributed by atoms with Gasteiger partial charge >= 0.3 is 0 Å². The van der Waals surface area contributed by atoms with Crippen LogP contribution in [0.3, 0.4) is 0 Å². The lowest BCUT2D eigenvalue weighted by Gasteiger charge is -2.34. The number of aromatic nitrogens is 1. The molecule has 3 heteroatoms. The van der Waals surface area contributed by atoms with Crippen molar-refractivity contribution < 1.29 is 0 Å². The van der Waals surface area contributed by atoms with E-state index in [1.807, 2.05) is 18.5 Å². The van der Waals surface area contributed by atoms with Crippen molar-refractivity contribution >= 4 is 0 Å². The summed E-state index contributed by atoms with van der Waals surface area (Å²) in [7, 11) is 0. The molecular weight excluding hydrogens is 210 g/mol. The summed E-state index contributed by atoms with van der Waals surface area (Å²) in [5.74, 6) is 0. The highest BCUT2D eigenvalue weighted by Gasteiger charge is 2.22. The Balaban J connectivity index is 2.90. The Morgan fingerprint density at radius 1 is 1.29 bits per heavy atom. The fraction of sp³-hybridized carbons (Fsp3) is 0.643. The maximum atomic E-state index is 6.16. The number of nitrogens with zero attached hydrogens (tertiary/aromatic N) is 2. The van der Waals surface area contributed by atoms with Crippen molar-refractivity contribution in [2.75, 3.05) is 13.1 Å². The van der Waals surface area contributed by atoms with Crippen LogP contribution in [0.5, 0.6) is 0 Å². The zero-order chi connectivity index (χ0) is 12.7. The fourth-order valence-corrected chi connectivity index (χ4v) is 2.36. The first-order valence-electron chi connectivity index (χ1n) is 6.60. The molecule has 0 aliphatic rings. The van der Waals surface area contributed by atoms with Crippen LogP contribution in [-0.4, -0.2) is 29.0 Å². The quantitative estimate of drug-likeness (QED) is 0.790. The highest BCUT2D eigenvalue weighted by molar-refractivity contribution is 5.16. The van der Waals surface area contributed by atoms with Crippen molar-refractivity contribution in [3.05, 3.63) is 30.1 Å². The number of pyridine rings is 1. The van der Waals surface area contributed by atoms with Crippen LogP contribution >= 0.6 is 0 Å². The molecule has 96 valence electrons. The van der Waals surface area contributed by atoms with Crippen molar-refractivity contribution in [2.45, 2.75) is 45.7 Å². The predicted molar refractivity (Wildman–Crippen MR) is 72.8 cm³/mol. The van der Waals surface area contributed by atoms with Gasteiger partial charge < -0.3 is 5.73 Å². The molecule has 0 aliphatic heterocycles. The molecule has 1 heterocycles. The fourth-order valence-electron chi connectivity index (χ4n) is 2.36. The van der Waals surface area contributed by atoms with Gasteiger partial charge in [0, 0.05) is 18.4 Å². The lowest BCUT2D eigenvalue weighted by Crippen LogP contribution is -2.40. The van der Waals surface area contributed by atoms with Gasteiger partial charge in [0.15, 0.2) is 0 Å². The van der Waals surface area contributed by atoms with Gasteiger partial charge in [0.05, 0.1) is 6.04 Å². The van der Waals surface area contributed by atoms with Crippen LogP contribution in [-0.2, 0) is 0 Å². The lowest BCUT2D eigenvalue weighted by atomic mass is 10.0. The zero-order valence-corrected chi connectivity index (χ0v) is 11.3. The minimum Gasteiger partial charge on any atom is -0.326 e. The summed E-state index contributed by atoms with van der Waals surface area (Å²) in [4.78, 5) is 6.68. The van der Waals surface area contributed by atoms with Gasteiger partial charge in [-0.3, -0.25) is 9.88 Å². The third-order valence-electron chi connectivity index (χ3n) is 2.94. The van der Waals surface area contributed by atoms with Crippen molar-refractivity contribution in [1.29, 1.82) is 0 Å². The van der Waals surface area contributed by atoms with Gasteiger partial charge in [-0.05, 0) is 44.5 Å². The summed E-state index contributed by atoms with van der Waals surface area (Å²) >= 11 is 0. The van der Waals surface area contributed by atoms with E-state index >= 15 is 0 Å². The van der Waals surface area contributed by atoms with E-state index in [2.05, 4.69) is 36.7 Å². The molecule has 17 heavy (non-hydrogen) atoms. The second kappa shape index (κ2) is 7.41. The van der Waals surface area contributed by atoms with Gasteiger partial charge in [-0.1, -0.05) is 19.9 Å².